The van der Waals surface area contributed by atoms with E-state index in [0.717, 1.165) is 44.1 Å². The van der Waals surface area contributed by atoms with Gasteiger partial charge in [-0.25, -0.2) is 5.06 Å². The van der Waals surface area contributed by atoms with E-state index >= 15 is 0 Å². The van der Waals surface area contributed by atoms with Crippen molar-refractivity contribution < 1.29 is 48.2 Å². The van der Waals surface area contributed by atoms with Crippen LogP contribution in [-0.2, 0) is 43.1 Å². The summed E-state index contributed by atoms with van der Waals surface area (Å²) < 4.78 is 12.2. The Kier molecular flexibility index (Phi) is 21.0. The van der Waals surface area contributed by atoms with Crippen LogP contribution in [0.15, 0.2) is 30.3 Å². The minimum atomic E-state index is -1.15. The molecule has 1 saturated carbocycles. The van der Waals surface area contributed by atoms with E-state index in [1.165, 1.54) is 5.06 Å². The number of unbranched alkanes of at least 4 members (excludes halogenated alkanes) is 2. The van der Waals surface area contributed by atoms with E-state index in [-0.39, 0.29) is 66.2 Å². The van der Waals surface area contributed by atoms with Gasteiger partial charge in [-0.15, -0.1) is 0 Å². The molecule has 16 heteroatoms. The number of hydrogen-bond acceptors (Lipinski definition) is 11. The third kappa shape index (κ3) is 13.6. The number of amides is 5. The fraction of sp³-hybridized carbons (Fsp3) is 0.760. The molecule has 1 aromatic rings. The summed E-state index contributed by atoms with van der Waals surface area (Å²) >= 11 is 0. The zero-order valence-corrected chi connectivity index (χ0v) is 41.8. The Bertz CT molecular complexity index is 1760. The largest absolute Gasteiger partial charge is 0.481 e. The van der Waals surface area contributed by atoms with Crippen LogP contribution in [0, 0.1) is 23.7 Å². The van der Waals surface area contributed by atoms with Gasteiger partial charge in [0.15, 0.2) is 0 Å². The molecule has 4 rings (SSSR count). The van der Waals surface area contributed by atoms with Crippen LogP contribution in [0.25, 0.3) is 0 Å². The van der Waals surface area contributed by atoms with Gasteiger partial charge in [0.05, 0.1) is 49.3 Å². The number of rotatable bonds is 26. The molecule has 3 N–H and O–H groups in total. The second kappa shape index (κ2) is 25.4. The number of hydroxylamine groups is 2. The number of hydrogen-bond donors (Lipinski definition) is 3. The summed E-state index contributed by atoms with van der Waals surface area (Å²) in [5, 5.41) is 16.3. The molecule has 5 amide bonds. The SMILES string of the molecule is CC[C@H](C)[C@@H]([C@@H](CC(=O)N1CCC[C@H]1[C@H](OC)[C@@H](C)C(=O)N[C@@]1(C(=O)N2CCCCO2)C[C@@H]1c1ccccc1)OC)N(C)[C@H](C(=O)NC(=O)[C@H](C(C)C)N(C)CCCCCC(=O)O)C(C)C. The van der Waals surface area contributed by atoms with E-state index in [9.17, 15) is 28.8 Å². The minimum Gasteiger partial charge on any atom is -0.481 e. The number of imide groups is 1. The molecule has 1 aromatic carbocycles. The van der Waals surface area contributed by atoms with Gasteiger partial charge >= 0.3 is 5.97 Å². The van der Waals surface area contributed by atoms with Crippen molar-refractivity contribution in [3.63, 3.8) is 0 Å². The fourth-order valence-electron chi connectivity index (χ4n) is 10.7. The quantitative estimate of drug-likeness (QED) is 0.103. The first kappa shape index (κ1) is 54.6. The van der Waals surface area contributed by atoms with Crippen molar-refractivity contribution in [3.05, 3.63) is 35.9 Å². The van der Waals surface area contributed by atoms with Gasteiger partial charge in [0.1, 0.15) is 5.54 Å². The molecule has 0 aromatic heterocycles. The number of likely N-dealkylation sites (tertiary alicyclic amines) is 1. The average molecular weight is 927 g/mol. The van der Waals surface area contributed by atoms with Crippen LogP contribution in [0.4, 0.5) is 0 Å². The van der Waals surface area contributed by atoms with Crippen LogP contribution >= 0.6 is 0 Å². The summed E-state index contributed by atoms with van der Waals surface area (Å²) in [7, 11) is 6.86. The monoisotopic (exact) mass is 927 g/mol. The summed E-state index contributed by atoms with van der Waals surface area (Å²) in [5.74, 6) is -3.57. The molecule has 0 spiro atoms. The Morgan fingerprint density at radius 1 is 0.864 bits per heavy atom. The number of ether oxygens (including phenoxy) is 2. The Balaban J connectivity index is 1.48. The van der Waals surface area contributed by atoms with Crippen molar-refractivity contribution in [2.24, 2.45) is 23.7 Å². The molecule has 16 nitrogen and oxygen atoms in total. The predicted molar refractivity (Wildman–Crippen MR) is 252 cm³/mol. The summed E-state index contributed by atoms with van der Waals surface area (Å²) in [4.78, 5) is 93.5. The molecule has 0 bridgehead atoms. The lowest BCUT2D eigenvalue weighted by Gasteiger charge is -2.43. The highest BCUT2D eigenvalue weighted by atomic mass is 16.7. The maximum Gasteiger partial charge on any atom is 0.303 e. The summed E-state index contributed by atoms with van der Waals surface area (Å²) in [6.07, 6.45) is 5.11. The number of aliphatic carboxylic acids is 1. The summed E-state index contributed by atoms with van der Waals surface area (Å²) in [6, 6.07) is 7.65. The van der Waals surface area contributed by atoms with Crippen LogP contribution in [0.1, 0.15) is 131 Å². The molecule has 0 unspecified atom stereocenters. The van der Waals surface area contributed by atoms with Crippen LogP contribution < -0.4 is 10.6 Å². The highest BCUT2D eigenvalue weighted by Gasteiger charge is 2.64. The van der Waals surface area contributed by atoms with Gasteiger partial charge in [-0.2, -0.15) is 0 Å². The van der Waals surface area contributed by atoms with Crippen molar-refractivity contribution >= 4 is 35.5 Å². The Morgan fingerprint density at radius 2 is 1.53 bits per heavy atom. The molecule has 1 aliphatic carbocycles. The van der Waals surface area contributed by atoms with E-state index in [1.807, 2.05) is 86.8 Å². The fourth-order valence-corrected chi connectivity index (χ4v) is 10.7. The van der Waals surface area contributed by atoms with Gasteiger partial charge in [0, 0.05) is 45.7 Å². The molecular formula is C50H82N6O10. The second-order valence-corrected chi connectivity index (χ2v) is 19.8. The number of likely N-dealkylation sites (N-methyl/N-ethyl adjacent to an activating group) is 2. The second-order valence-electron chi connectivity index (χ2n) is 19.8. The van der Waals surface area contributed by atoms with Gasteiger partial charge in [-0.3, -0.25) is 48.7 Å². The van der Waals surface area contributed by atoms with Gasteiger partial charge < -0.3 is 24.8 Å². The zero-order valence-electron chi connectivity index (χ0n) is 41.8. The third-order valence-electron chi connectivity index (χ3n) is 14.4. The van der Waals surface area contributed by atoms with E-state index in [0.29, 0.717) is 45.5 Å². The number of carboxylic acids is 1. The third-order valence-corrected chi connectivity index (χ3v) is 14.4. The van der Waals surface area contributed by atoms with Gasteiger partial charge in [-0.1, -0.05) is 91.6 Å². The number of benzene rings is 1. The van der Waals surface area contributed by atoms with Crippen LogP contribution in [0.3, 0.4) is 0 Å². The topological polar surface area (TPSA) is 187 Å². The molecule has 66 heavy (non-hydrogen) atoms. The van der Waals surface area contributed by atoms with E-state index in [1.54, 1.807) is 21.1 Å². The van der Waals surface area contributed by atoms with Crippen molar-refractivity contribution in [1.29, 1.82) is 0 Å². The highest BCUT2D eigenvalue weighted by molar-refractivity contribution is 6.00. The lowest BCUT2D eigenvalue weighted by Crippen LogP contribution is -2.60. The van der Waals surface area contributed by atoms with E-state index in [2.05, 4.69) is 24.5 Å². The molecular weight excluding hydrogens is 845 g/mol. The first-order chi connectivity index (χ1) is 31.3. The number of nitrogens with zero attached hydrogens (tertiary/aromatic N) is 4. The highest BCUT2D eigenvalue weighted by Crippen LogP contribution is 2.53. The van der Waals surface area contributed by atoms with Crippen LogP contribution in [0.2, 0.25) is 0 Å². The Hall–Kier alpha value is -3.96. The first-order valence-electron chi connectivity index (χ1n) is 24.5. The maximum absolute atomic E-state index is 14.6. The van der Waals surface area contributed by atoms with E-state index < -0.39 is 53.7 Å². The smallest absolute Gasteiger partial charge is 0.303 e. The standard InChI is InChI=1S/C50H82N6O10/c1-12-34(6)44(54(9)43(33(4)5)48(62)51-47(61)42(32(2)3)53(8)26-18-14-17-25-41(58)59)39(64-10)30-40(57)55-27-21-24-38(55)45(65-11)35(7)46(60)52-50(49(63)56-28-19-20-29-66-56)31-37(50)36-22-15-13-16-23-36/h13,15-16,22-23,32-35,37-39,42-45H,12,14,17-21,24-31H2,1-11H3,(H,52,60)(H,58,59)(H,51,61,62)/t34-,35+,37+,38-,39+,42-,43-,44-,45+,50-/m0/s1. The van der Waals surface area contributed by atoms with Crippen LogP contribution in [-0.4, -0.2) is 157 Å². The molecule has 3 aliphatic rings. The lowest BCUT2D eigenvalue weighted by atomic mass is 9.87. The molecule has 2 aliphatic heterocycles. The Labute approximate surface area is 394 Å². The zero-order chi connectivity index (χ0) is 48.9. The molecule has 372 valence electrons. The summed E-state index contributed by atoms with van der Waals surface area (Å²) in [6.45, 7) is 15.7. The molecule has 3 fully saturated rings. The number of methoxy groups -OCH3 is 2. The maximum atomic E-state index is 14.6. The number of carboxylic acid groups (broad SMARTS) is 1. The van der Waals surface area contributed by atoms with Gasteiger partial charge in [0.2, 0.25) is 23.6 Å². The molecule has 10 atom stereocenters. The molecule has 2 saturated heterocycles. The number of nitrogens with one attached hydrogen (secondary N) is 2. The van der Waals surface area contributed by atoms with Gasteiger partial charge in [0.25, 0.3) is 5.91 Å². The number of carbonyl (C=O) groups excluding carboxylic acids is 5. The van der Waals surface area contributed by atoms with E-state index in [4.69, 9.17) is 19.4 Å². The average Bonchev–Trinajstić information content (AvgIpc) is 3.80. The minimum absolute atomic E-state index is 0.00880. The summed E-state index contributed by atoms with van der Waals surface area (Å²) in [5.41, 5.74) is -0.177. The predicted octanol–water partition coefficient (Wildman–Crippen LogP) is 5.25. The van der Waals surface area contributed by atoms with Crippen molar-refractivity contribution in [3.8, 4) is 0 Å². The van der Waals surface area contributed by atoms with Gasteiger partial charge in [-0.05, 0) is 88.9 Å². The van der Waals surface area contributed by atoms with Crippen molar-refractivity contribution in [1.82, 2.24) is 30.4 Å². The van der Waals surface area contributed by atoms with Crippen molar-refractivity contribution in [2.45, 2.75) is 167 Å². The molecule has 0 radical (unpaired) electrons. The first-order valence-corrected chi connectivity index (χ1v) is 24.5. The Morgan fingerprint density at radius 3 is 2.11 bits per heavy atom. The number of carbonyl (C=O) groups is 6. The van der Waals surface area contributed by atoms with Crippen molar-refractivity contribution in [2.75, 3.05) is 54.6 Å². The van der Waals surface area contributed by atoms with Crippen LogP contribution in [0.5, 0.6) is 0 Å². The molecule has 2 heterocycles. The lowest BCUT2D eigenvalue weighted by molar-refractivity contribution is -0.200. The normalized spacial score (nSPS) is 23.0.